The maximum absolute atomic E-state index is 15.5. The van der Waals surface area contributed by atoms with Crippen molar-refractivity contribution in [3.63, 3.8) is 0 Å². The molecule has 7 nitrogen and oxygen atoms in total. The first-order chi connectivity index (χ1) is 20.7. The molecule has 1 saturated carbocycles. The molecule has 43 heavy (non-hydrogen) atoms. The summed E-state index contributed by atoms with van der Waals surface area (Å²) in [5.41, 5.74) is 6.21. The zero-order valence-corrected chi connectivity index (χ0v) is 23.5. The Bertz CT molecular complexity index is 1990. The molecule has 216 valence electrons. The lowest BCUT2D eigenvalue weighted by molar-refractivity contribution is 0.146. The number of allylic oxidation sites excluding steroid dienone is 2. The lowest BCUT2D eigenvalue weighted by Gasteiger charge is -2.20. The molecule has 4 aromatic rings. The van der Waals surface area contributed by atoms with Crippen molar-refractivity contribution in [3.8, 4) is 16.9 Å². The predicted octanol–water partition coefficient (Wildman–Crippen LogP) is 6.86. The van der Waals surface area contributed by atoms with Gasteiger partial charge in [-0.3, -0.25) is 9.36 Å². The summed E-state index contributed by atoms with van der Waals surface area (Å²) in [4.78, 5) is 22.9. The molecule has 0 bridgehead atoms. The number of aliphatic imine (C=N–C) groups is 1. The number of hydrogen-bond donors (Lipinski definition) is 0. The molecule has 3 unspecified atom stereocenters. The molecule has 0 spiro atoms. The summed E-state index contributed by atoms with van der Waals surface area (Å²) in [7, 11) is 0. The van der Waals surface area contributed by atoms with Gasteiger partial charge in [-0.15, -0.1) is 5.10 Å². The average Bonchev–Trinajstić information content (AvgIpc) is 3.29. The number of aryl methyl sites for hydroxylation is 1. The zero-order chi connectivity index (χ0) is 29.6. The first-order valence-corrected chi connectivity index (χ1v) is 14.5. The summed E-state index contributed by atoms with van der Waals surface area (Å²) in [5.74, 6) is 0.123. The van der Waals surface area contributed by atoms with Gasteiger partial charge in [0, 0.05) is 34.6 Å². The van der Waals surface area contributed by atoms with Gasteiger partial charge < -0.3 is 0 Å². The minimum absolute atomic E-state index is 0.0123. The maximum Gasteiger partial charge on any atom is 0.283 e. The van der Waals surface area contributed by atoms with E-state index in [1.165, 1.54) is 27.4 Å². The molecule has 0 radical (unpaired) electrons. The molecule has 1 fully saturated rings. The highest BCUT2D eigenvalue weighted by Gasteiger charge is 2.56. The van der Waals surface area contributed by atoms with Crippen molar-refractivity contribution < 1.29 is 13.2 Å². The van der Waals surface area contributed by atoms with Crippen LogP contribution in [0.15, 0.2) is 82.1 Å². The molecule has 0 N–H and O–H groups in total. The van der Waals surface area contributed by atoms with E-state index in [1.54, 1.807) is 22.8 Å². The number of halogens is 4. The Morgan fingerprint density at radius 3 is 2.72 bits per heavy atom. The Kier molecular flexibility index (Phi) is 5.88. The van der Waals surface area contributed by atoms with E-state index in [9.17, 15) is 13.6 Å². The molecule has 8 rings (SSSR count). The van der Waals surface area contributed by atoms with E-state index in [-0.39, 0.29) is 17.4 Å². The van der Waals surface area contributed by atoms with Gasteiger partial charge >= 0.3 is 0 Å². The number of benzene rings is 2. The van der Waals surface area contributed by atoms with Gasteiger partial charge in [-0.1, -0.05) is 41.1 Å². The molecule has 2 aromatic carbocycles. The fraction of sp³-hybridized carbons (Fsp3) is 0.281. The van der Waals surface area contributed by atoms with Gasteiger partial charge in [0.25, 0.3) is 12.0 Å². The van der Waals surface area contributed by atoms with Gasteiger partial charge in [-0.05, 0) is 72.6 Å². The standard InChI is InChI=1S/C32H24ClF3N6O/c1-15-2-3-17-9-18(5-4-16(17)8-15)24-12-23(31(36)37-24)29-20-11-21(20)32-38-25(13-28(43)42(29)32)22-10-19(33)6-7-27(22)41-14-26(30(34)35)39-40-41/h4-7,9-10,13-14,20-21,29-30H,1-3,8,11-12H2. The van der Waals surface area contributed by atoms with Crippen LogP contribution >= 0.6 is 11.6 Å². The Morgan fingerprint density at radius 1 is 1.05 bits per heavy atom. The minimum atomic E-state index is -2.78. The Labute approximate surface area is 249 Å². The Morgan fingerprint density at radius 2 is 1.91 bits per heavy atom. The van der Waals surface area contributed by atoms with Crippen molar-refractivity contribution in [2.75, 3.05) is 0 Å². The smallest absolute Gasteiger partial charge is 0.283 e. The van der Waals surface area contributed by atoms with E-state index in [2.05, 4.69) is 34.0 Å². The molecule has 4 heterocycles. The highest BCUT2D eigenvalue weighted by molar-refractivity contribution is 6.31. The zero-order valence-electron chi connectivity index (χ0n) is 22.8. The second kappa shape index (κ2) is 9.60. The van der Waals surface area contributed by atoms with Gasteiger partial charge in [-0.2, -0.15) is 4.39 Å². The summed E-state index contributed by atoms with van der Waals surface area (Å²) in [6.07, 6.45) is 2.21. The molecular weight excluding hydrogens is 577 g/mol. The highest BCUT2D eigenvalue weighted by atomic mass is 35.5. The second-order valence-electron chi connectivity index (χ2n) is 11.7. The molecule has 2 aliphatic carbocycles. The van der Waals surface area contributed by atoms with Crippen molar-refractivity contribution in [1.82, 2.24) is 24.5 Å². The number of alkyl halides is 2. The van der Waals surface area contributed by atoms with Crippen LogP contribution in [0.4, 0.5) is 13.2 Å². The lowest BCUT2D eigenvalue weighted by Crippen LogP contribution is -2.27. The molecule has 2 aromatic heterocycles. The number of fused-ring (bicyclic) bond motifs is 4. The first-order valence-electron chi connectivity index (χ1n) is 14.1. The molecular formula is C32H24ClF3N6O. The summed E-state index contributed by atoms with van der Waals surface area (Å²) in [5, 5.41) is 7.77. The van der Waals surface area contributed by atoms with Gasteiger partial charge in [0.1, 0.15) is 11.5 Å². The van der Waals surface area contributed by atoms with Crippen molar-refractivity contribution in [3.05, 3.63) is 116 Å². The van der Waals surface area contributed by atoms with E-state index < -0.39 is 24.1 Å². The van der Waals surface area contributed by atoms with Crippen LogP contribution in [0.3, 0.4) is 0 Å². The fourth-order valence-corrected chi connectivity index (χ4v) is 6.99. The number of aromatic nitrogens is 5. The molecule has 3 atom stereocenters. The molecule has 4 aliphatic rings. The van der Waals surface area contributed by atoms with Crippen molar-refractivity contribution in [1.29, 1.82) is 0 Å². The monoisotopic (exact) mass is 600 g/mol. The number of hydrogen-bond acceptors (Lipinski definition) is 5. The van der Waals surface area contributed by atoms with E-state index in [0.717, 1.165) is 37.4 Å². The number of rotatable bonds is 5. The highest BCUT2D eigenvalue weighted by Crippen LogP contribution is 2.61. The quantitative estimate of drug-likeness (QED) is 0.185. The topological polar surface area (TPSA) is 78.0 Å². The average molecular weight is 601 g/mol. The summed E-state index contributed by atoms with van der Waals surface area (Å²) < 4.78 is 44.7. The van der Waals surface area contributed by atoms with Gasteiger partial charge in [0.2, 0.25) is 5.95 Å². The summed E-state index contributed by atoms with van der Waals surface area (Å²) >= 11 is 6.30. The largest absolute Gasteiger partial charge is 0.289 e. The van der Waals surface area contributed by atoms with Crippen molar-refractivity contribution in [2.24, 2.45) is 10.9 Å². The third-order valence-electron chi connectivity index (χ3n) is 8.99. The third-order valence-corrected chi connectivity index (χ3v) is 9.23. The molecule has 2 aliphatic heterocycles. The molecule has 0 saturated heterocycles. The molecule has 0 amide bonds. The van der Waals surface area contributed by atoms with Crippen LogP contribution in [0, 0.1) is 5.92 Å². The van der Waals surface area contributed by atoms with E-state index >= 15 is 4.39 Å². The summed E-state index contributed by atoms with van der Waals surface area (Å²) in [6, 6.07) is 12.0. The van der Waals surface area contributed by atoms with E-state index in [1.807, 2.05) is 6.07 Å². The Hall–Kier alpha value is -4.31. The predicted molar refractivity (Wildman–Crippen MR) is 156 cm³/mol. The molecule has 11 heteroatoms. The minimum Gasteiger partial charge on any atom is -0.289 e. The third kappa shape index (κ3) is 4.30. The second-order valence-corrected chi connectivity index (χ2v) is 12.1. The van der Waals surface area contributed by atoms with Crippen LogP contribution in [-0.4, -0.2) is 30.3 Å². The fourth-order valence-electron chi connectivity index (χ4n) is 6.82. The lowest BCUT2D eigenvalue weighted by atomic mass is 9.86. The van der Waals surface area contributed by atoms with Crippen LogP contribution < -0.4 is 5.56 Å². The van der Waals surface area contributed by atoms with Crippen LogP contribution in [0.25, 0.3) is 16.9 Å². The van der Waals surface area contributed by atoms with Crippen LogP contribution in [0.2, 0.25) is 5.02 Å². The summed E-state index contributed by atoms with van der Waals surface area (Å²) in [6.45, 7) is 4.11. The van der Waals surface area contributed by atoms with Crippen LogP contribution in [-0.2, 0) is 12.8 Å². The van der Waals surface area contributed by atoms with Gasteiger partial charge in [0.05, 0.1) is 29.3 Å². The number of nitrogens with zero attached hydrogens (tertiary/aromatic N) is 6. The SMILES string of the molecule is C=C1CCc2cc(C3=NC(F)=C(C4C5CC5c5nc(-c6cc(Cl)ccc6-n6cc(C(F)F)nn6)cc(=O)n54)C3)ccc2C1. The maximum atomic E-state index is 15.5. The van der Waals surface area contributed by atoms with Crippen LogP contribution in [0.1, 0.15) is 65.9 Å². The van der Waals surface area contributed by atoms with Gasteiger partial charge in [-0.25, -0.2) is 23.4 Å². The van der Waals surface area contributed by atoms with Crippen LogP contribution in [0.5, 0.6) is 0 Å². The van der Waals surface area contributed by atoms with Gasteiger partial charge in [0.15, 0.2) is 0 Å². The van der Waals surface area contributed by atoms with Crippen molar-refractivity contribution in [2.45, 2.75) is 50.5 Å². The van der Waals surface area contributed by atoms with E-state index in [0.29, 0.717) is 45.5 Å². The normalized spacial score (nSPS) is 22.1. The van der Waals surface area contributed by atoms with E-state index in [4.69, 9.17) is 16.6 Å². The Balaban J connectivity index is 1.13. The van der Waals surface area contributed by atoms with Crippen molar-refractivity contribution >= 4 is 17.3 Å². The first kappa shape index (κ1) is 26.3.